The van der Waals surface area contributed by atoms with Gasteiger partial charge in [-0.3, -0.25) is 4.79 Å². The molecule has 0 saturated heterocycles. The molecule has 21 heavy (non-hydrogen) atoms. The Hall–Kier alpha value is -1.55. The third-order valence-electron chi connectivity index (χ3n) is 3.90. The topological polar surface area (TPSA) is 64.4 Å². The Balaban J connectivity index is 2.78. The van der Waals surface area contributed by atoms with E-state index >= 15 is 0 Å². The Morgan fingerprint density at radius 1 is 1.33 bits per heavy atom. The lowest BCUT2D eigenvalue weighted by molar-refractivity contribution is -0.125. The zero-order chi connectivity index (χ0) is 15.9. The summed E-state index contributed by atoms with van der Waals surface area (Å²) in [6, 6.07) is 7.50. The largest absolute Gasteiger partial charge is 0.493 e. The molecule has 1 rings (SSSR count). The van der Waals surface area contributed by atoms with Crippen molar-refractivity contribution in [2.45, 2.75) is 40.5 Å². The van der Waals surface area contributed by atoms with Gasteiger partial charge in [0.15, 0.2) is 0 Å². The first-order valence-electron chi connectivity index (χ1n) is 7.71. The summed E-state index contributed by atoms with van der Waals surface area (Å²) < 4.78 is 5.68. The van der Waals surface area contributed by atoms with Crippen molar-refractivity contribution in [3.8, 4) is 5.75 Å². The van der Waals surface area contributed by atoms with Gasteiger partial charge in [-0.15, -0.1) is 0 Å². The highest BCUT2D eigenvalue weighted by molar-refractivity contribution is 5.95. The van der Waals surface area contributed by atoms with Crippen molar-refractivity contribution in [3.05, 3.63) is 24.3 Å². The molecule has 0 heterocycles. The van der Waals surface area contributed by atoms with Crippen LogP contribution in [0.1, 0.15) is 40.5 Å². The first kappa shape index (κ1) is 17.5. The van der Waals surface area contributed by atoms with E-state index < -0.39 is 5.41 Å². The maximum atomic E-state index is 12.5. The standard InChI is InChI=1S/C17H28N2O2/c1-5-17(6-2,12-18)16(20)19-14-8-7-9-15(10-14)21-11-13(3)4/h7-10,13H,5-6,11-12,18H2,1-4H3,(H,19,20). The second-order valence-corrected chi connectivity index (χ2v) is 5.88. The summed E-state index contributed by atoms with van der Waals surface area (Å²) >= 11 is 0. The molecular formula is C17H28N2O2. The van der Waals surface area contributed by atoms with Gasteiger partial charge in [0.1, 0.15) is 5.75 Å². The minimum Gasteiger partial charge on any atom is -0.493 e. The summed E-state index contributed by atoms with van der Waals surface area (Å²) in [7, 11) is 0. The molecule has 4 heteroatoms. The van der Waals surface area contributed by atoms with E-state index in [-0.39, 0.29) is 5.91 Å². The average molecular weight is 292 g/mol. The van der Waals surface area contributed by atoms with Crippen molar-refractivity contribution in [1.82, 2.24) is 0 Å². The highest BCUT2D eigenvalue weighted by Crippen LogP contribution is 2.27. The van der Waals surface area contributed by atoms with E-state index in [1.165, 1.54) is 0 Å². The Bertz CT molecular complexity index is 446. The predicted octanol–water partition coefficient (Wildman–Crippen LogP) is 3.43. The number of amides is 1. The van der Waals surface area contributed by atoms with Crippen molar-refractivity contribution >= 4 is 11.6 Å². The first-order valence-corrected chi connectivity index (χ1v) is 7.71. The molecule has 0 radical (unpaired) electrons. The molecule has 0 bridgehead atoms. The van der Waals surface area contributed by atoms with Crippen LogP contribution in [0, 0.1) is 11.3 Å². The molecule has 1 aromatic rings. The summed E-state index contributed by atoms with van der Waals surface area (Å²) in [5.41, 5.74) is 6.07. The van der Waals surface area contributed by atoms with Gasteiger partial charge in [-0.1, -0.05) is 33.8 Å². The number of nitrogens with two attached hydrogens (primary N) is 1. The zero-order valence-corrected chi connectivity index (χ0v) is 13.6. The lowest BCUT2D eigenvalue weighted by atomic mass is 9.81. The van der Waals surface area contributed by atoms with Crippen LogP contribution in [0.4, 0.5) is 5.69 Å². The van der Waals surface area contributed by atoms with Gasteiger partial charge in [-0.05, 0) is 30.9 Å². The summed E-state index contributed by atoms with van der Waals surface area (Å²) in [6.45, 7) is 9.22. The normalized spacial score (nSPS) is 11.5. The van der Waals surface area contributed by atoms with Crippen LogP contribution in [0.3, 0.4) is 0 Å². The average Bonchev–Trinajstić information content (AvgIpc) is 2.48. The minimum absolute atomic E-state index is 0.0176. The number of hydrogen-bond acceptors (Lipinski definition) is 3. The molecule has 0 aliphatic carbocycles. The van der Waals surface area contributed by atoms with Crippen LogP contribution in [0.25, 0.3) is 0 Å². The predicted molar refractivity (Wildman–Crippen MR) is 87.5 cm³/mol. The second kappa shape index (κ2) is 8.03. The van der Waals surface area contributed by atoms with Gasteiger partial charge in [-0.2, -0.15) is 0 Å². The van der Waals surface area contributed by atoms with E-state index in [2.05, 4.69) is 19.2 Å². The van der Waals surface area contributed by atoms with Crippen molar-refractivity contribution < 1.29 is 9.53 Å². The molecule has 1 amide bonds. The van der Waals surface area contributed by atoms with Gasteiger partial charge in [0.2, 0.25) is 5.91 Å². The fraction of sp³-hybridized carbons (Fsp3) is 0.588. The lowest BCUT2D eigenvalue weighted by Crippen LogP contribution is -2.41. The van der Waals surface area contributed by atoms with E-state index in [4.69, 9.17) is 10.5 Å². The number of rotatable bonds is 8. The Morgan fingerprint density at radius 2 is 2.00 bits per heavy atom. The van der Waals surface area contributed by atoms with Crippen LogP contribution in [-0.2, 0) is 4.79 Å². The Morgan fingerprint density at radius 3 is 2.52 bits per heavy atom. The van der Waals surface area contributed by atoms with Gasteiger partial charge in [0.05, 0.1) is 12.0 Å². The Labute approximate surface area is 128 Å². The van der Waals surface area contributed by atoms with Crippen LogP contribution in [0.2, 0.25) is 0 Å². The summed E-state index contributed by atoms with van der Waals surface area (Å²) in [6.07, 6.45) is 1.46. The summed E-state index contributed by atoms with van der Waals surface area (Å²) in [5.74, 6) is 1.22. The molecule has 1 aromatic carbocycles. The SMILES string of the molecule is CCC(CC)(CN)C(=O)Nc1cccc(OCC(C)C)c1. The van der Waals surface area contributed by atoms with Gasteiger partial charge in [0, 0.05) is 18.3 Å². The molecule has 0 saturated carbocycles. The molecule has 0 fully saturated rings. The number of carbonyl (C=O) groups is 1. The third kappa shape index (κ3) is 4.74. The first-order chi connectivity index (χ1) is 9.97. The molecule has 0 atom stereocenters. The number of benzene rings is 1. The van der Waals surface area contributed by atoms with Crippen molar-refractivity contribution in [3.63, 3.8) is 0 Å². The Kier molecular flexibility index (Phi) is 6.69. The number of carbonyl (C=O) groups excluding carboxylic acids is 1. The number of nitrogens with one attached hydrogen (secondary N) is 1. The van der Waals surface area contributed by atoms with Crippen LogP contribution in [-0.4, -0.2) is 19.1 Å². The van der Waals surface area contributed by atoms with Crippen LogP contribution in [0.5, 0.6) is 5.75 Å². The van der Waals surface area contributed by atoms with Gasteiger partial charge >= 0.3 is 0 Å². The summed E-state index contributed by atoms with van der Waals surface area (Å²) in [5, 5.41) is 2.96. The van der Waals surface area contributed by atoms with Gasteiger partial charge in [-0.25, -0.2) is 0 Å². The second-order valence-electron chi connectivity index (χ2n) is 5.88. The molecule has 0 aliphatic rings. The highest BCUT2D eigenvalue weighted by atomic mass is 16.5. The number of ether oxygens (including phenoxy) is 1. The molecule has 0 aliphatic heterocycles. The molecule has 118 valence electrons. The molecule has 0 spiro atoms. The number of hydrogen-bond donors (Lipinski definition) is 2. The maximum Gasteiger partial charge on any atom is 0.231 e. The van der Waals surface area contributed by atoms with Crippen LogP contribution >= 0.6 is 0 Å². The fourth-order valence-electron chi connectivity index (χ4n) is 2.14. The smallest absolute Gasteiger partial charge is 0.231 e. The highest BCUT2D eigenvalue weighted by Gasteiger charge is 2.33. The molecule has 0 unspecified atom stereocenters. The van der Waals surface area contributed by atoms with Gasteiger partial charge < -0.3 is 15.8 Å². The molecule has 0 aromatic heterocycles. The molecule has 4 nitrogen and oxygen atoms in total. The summed E-state index contributed by atoms with van der Waals surface area (Å²) in [4.78, 5) is 12.5. The van der Waals surface area contributed by atoms with Crippen molar-refractivity contribution in [2.24, 2.45) is 17.1 Å². The van der Waals surface area contributed by atoms with E-state index in [0.717, 1.165) is 24.3 Å². The lowest BCUT2D eigenvalue weighted by Gasteiger charge is -2.28. The van der Waals surface area contributed by atoms with Gasteiger partial charge in [0.25, 0.3) is 0 Å². The zero-order valence-electron chi connectivity index (χ0n) is 13.6. The fourth-order valence-corrected chi connectivity index (χ4v) is 2.14. The van der Waals surface area contributed by atoms with E-state index in [9.17, 15) is 4.79 Å². The van der Waals surface area contributed by atoms with Crippen LogP contribution in [0.15, 0.2) is 24.3 Å². The van der Waals surface area contributed by atoms with Crippen molar-refractivity contribution in [1.29, 1.82) is 0 Å². The van der Waals surface area contributed by atoms with E-state index in [1.54, 1.807) is 0 Å². The van der Waals surface area contributed by atoms with E-state index in [1.807, 2.05) is 38.1 Å². The van der Waals surface area contributed by atoms with Crippen LogP contribution < -0.4 is 15.8 Å². The number of anilines is 1. The monoisotopic (exact) mass is 292 g/mol. The molecule has 3 N–H and O–H groups in total. The van der Waals surface area contributed by atoms with E-state index in [0.29, 0.717) is 19.1 Å². The maximum absolute atomic E-state index is 12.5. The quantitative estimate of drug-likeness (QED) is 0.771. The third-order valence-corrected chi connectivity index (χ3v) is 3.90. The van der Waals surface area contributed by atoms with Crippen molar-refractivity contribution in [2.75, 3.05) is 18.5 Å². The minimum atomic E-state index is -0.491. The molecular weight excluding hydrogens is 264 g/mol.